The van der Waals surface area contributed by atoms with Crippen LogP contribution in [0.4, 0.5) is 0 Å². The van der Waals surface area contributed by atoms with E-state index in [0.29, 0.717) is 0 Å². The highest BCUT2D eigenvalue weighted by molar-refractivity contribution is 5.99. The van der Waals surface area contributed by atoms with Crippen LogP contribution in [-0.4, -0.2) is 32.0 Å². The molecule has 0 aromatic heterocycles. The minimum Gasteiger partial charge on any atom is -0.414 e. The Morgan fingerprint density at radius 3 is 1.50 bits per heavy atom. The topological polar surface area (TPSA) is 32.8 Å². The third-order valence-electron chi connectivity index (χ3n) is 0.402. The van der Waals surface area contributed by atoms with Crippen molar-refractivity contribution in [3.63, 3.8) is 0 Å². The number of cyclic esters (lactones) is 1. The Kier molecular flexibility index (Phi) is 6.40. The summed E-state index contributed by atoms with van der Waals surface area (Å²) in [6, 6.07) is 0. The van der Waals surface area contributed by atoms with Gasteiger partial charge in [-0.25, -0.2) is 4.79 Å². The fourth-order valence-electron chi connectivity index (χ4n) is 0.0864. The first-order chi connectivity index (χ1) is 4.04. The first-order valence-corrected chi connectivity index (χ1v) is 2.56. The molecular weight excluding hydrogens is 154 g/mol. The van der Waals surface area contributed by atoms with Gasteiger partial charge in [-0.15, -0.1) is 12.4 Å². The van der Waals surface area contributed by atoms with Gasteiger partial charge in [0.15, 0.2) is 0 Å². The first kappa shape index (κ1) is 12.2. The number of nitrogens with zero attached hydrogens (tertiary/aromatic N) is 1. The van der Waals surface area contributed by atoms with Crippen molar-refractivity contribution >= 4 is 18.4 Å². The van der Waals surface area contributed by atoms with E-state index in [0.717, 1.165) is 0 Å². The maximum atomic E-state index is 9.56. The summed E-state index contributed by atoms with van der Waals surface area (Å²) >= 11 is 0. The highest BCUT2D eigenvalue weighted by atomic mass is 35.5. The predicted octanol–water partition coefficient (Wildman–Crippen LogP) is 0.656. The first-order valence-electron chi connectivity index (χ1n) is 2.56. The molecule has 0 aromatic rings. The normalized spacial score (nSPS) is 12.8. The lowest BCUT2D eigenvalue weighted by Crippen LogP contribution is -1.99. The van der Waals surface area contributed by atoms with Crippen molar-refractivity contribution in [1.29, 1.82) is 0 Å². The van der Waals surface area contributed by atoms with Crippen molar-refractivity contribution in [3.05, 3.63) is 12.3 Å². The van der Waals surface area contributed by atoms with Gasteiger partial charge >= 0.3 is 5.97 Å². The number of rotatable bonds is 0. The van der Waals surface area contributed by atoms with Crippen LogP contribution >= 0.6 is 12.4 Å². The minimum atomic E-state index is -0.273. The van der Waals surface area contributed by atoms with Crippen molar-refractivity contribution in [3.8, 4) is 0 Å². The SMILES string of the molecule is C=C1OC1=O.CN(C)C.Cl. The molecule has 60 valence electrons. The fraction of sp³-hybridized carbons (Fsp3) is 0.500. The molecule has 0 aliphatic carbocycles. The Morgan fingerprint density at radius 1 is 1.40 bits per heavy atom. The molecule has 1 heterocycles. The molecule has 1 aliphatic heterocycles. The van der Waals surface area contributed by atoms with Crippen molar-refractivity contribution in [1.82, 2.24) is 4.90 Å². The highest BCUT2D eigenvalue weighted by Gasteiger charge is 2.26. The molecule has 0 amide bonds. The molecule has 10 heavy (non-hydrogen) atoms. The zero-order valence-corrected chi connectivity index (χ0v) is 7.20. The summed E-state index contributed by atoms with van der Waals surface area (Å²) < 4.78 is 4.08. The molecule has 0 spiro atoms. The van der Waals surface area contributed by atoms with Crippen molar-refractivity contribution in [2.75, 3.05) is 21.1 Å². The van der Waals surface area contributed by atoms with Gasteiger partial charge in [0.1, 0.15) is 0 Å². The number of halogens is 1. The van der Waals surface area contributed by atoms with Crippen molar-refractivity contribution < 1.29 is 9.53 Å². The smallest absolute Gasteiger partial charge is 0.379 e. The second kappa shape index (κ2) is 5.26. The van der Waals surface area contributed by atoms with Crippen LogP contribution in [-0.2, 0) is 9.53 Å². The average Bonchev–Trinajstić information content (AvgIpc) is 2.16. The molecule has 0 aromatic carbocycles. The summed E-state index contributed by atoms with van der Waals surface area (Å²) in [6.07, 6.45) is 0. The molecule has 3 nitrogen and oxygen atoms in total. The summed E-state index contributed by atoms with van der Waals surface area (Å²) in [5.74, 6) is 0.00926. The molecule has 0 saturated carbocycles. The number of carbonyl (C=O) groups excluding carboxylic acids is 1. The lowest BCUT2D eigenvalue weighted by Gasteiger charge is -1.90. The second-order valence-electron chi connectivity index (χ2n) is 2.15. The van der Waals surface area contributed by atoms with Crippen LogP contribution < -0.4 is 0 Å². The average molecular weight is 166 g/mol. The molecule has 1 saturated heterocycles. The highest BCUT2D eigenvalue weighted by Crippen LogP contribution is 2.11. The van der Waals surface area contributed by atoms with Gasteiger partial charge in [0.05, 0.1) is 0 Å². The molecule has 1 fully saturated rings. The van der Waals surface area contributed by atoms with E-state index in [4.69, 9.17) is 0 Å². The summed E-state index contributed by atoms with van der Waals surface area (Å²) in [7, 11) is 6.00. The van der Waals surface area contributed by atoms with Crippen LogP contribution in [0.5, 0.6) is 0 Å². The van der Waals surface area contributed by atoms with Gasteiger partial charge in [0.25, 0.3) is 0 Å². The van der Waals surface area contributed by atoms with Crippen LogP contribution in [0.25, 0.3) is 0 Å². The fourth-order valence-corrected chi connectivity index (χ4v) is 0.0864. The largest absolute Gasteiger partial charge is 0.414 e. The number of carbonyl (C=O) groups is 1. The lowest BCUT2D eigenvalue weighted by atomic mass is 10.8. The van der Waals surface area contributed by atoms with Gasteiger partial charge in [-0.2, -0.15) is 0 Å². The van der Waals surface area contributed by atoms with Crippen molar-refractivity contribution in [2.45, 2.75) is 0 Å². The van der Waals surface area contributed by atoms with E-state index < -0.39 is 0 Å². The van der Waals surface area contributed by atoms with Gasteiger partial charge in [-0.05, 0) is 27.7 Å². The maximum absolute atomic E-state index is 9.56. The number of ether oxygens (including phenoxy) is 1. The third kappa shape index (κ3) is 10.4. The van der Waals surface area contributed by atoms with Gasteiger partial charge in [0, 0.05) is 0 Å². The van der Waals surface area contributed by atoms with E-state index in [-0.39, 0.29) is 24.1 Å². The van der Waals surface area contributed by atoms with E-state index in [1.165, 1.54) is 0 Å². The number of epoxide rings is 1. The Morgan fingerprint density at radius 2 is 1.50 bits per heavy atom. The van der Waals surface area contributed by atoms with Crippen LogP contribution in [0, 0.1) is 0 Å². The molecular formula is C6H12ClNO2. The lowest BCUT2D eigenvalue weighted by molar-refractivity contribution is -0.117. The van der Waals surface area contributed by atoms with E-state index in [9.17, 15) is 4.79 Å². The molecule has 0 N–H and O–H groups in total. The molecule has 1 aliphatic rings. The standard InChI is InChI=1S/C3H9N.C3H2O2.ClH/c1-4(2)3;1-2-3(4)5-2;/h1-3H3;1H2;1H. The molecule has 0 unspecified atom stereocenters. The quantitative estimate of drug-likeness (QED) is 0.391. The summed E-state index contributed by atoms with van der Waals surface area (Å²) in [4.78, 5) is 11.6. The number of hydrogen-bond acceptors (Lipinski definition) is 3. The van der Waals surface area contributed by atoms with Crippen molar-refractivity contribution in [2.24, 2.45) is 0 Å². The third-order valence-corrected chi connectivity index (χ3v) is 0.402. The van der Waals surface area contributed by atoms with Crippen LogP contribution in [0.1, 0.15) is 0 Å². The second-order valence-corrected chi connectivity index (χ2v) is 2.15. The van der Waals surface area contributed by atoms with Gasteiger partial charge in [0.2, 0.25) is 5.76 Å². The molecule has 0 bridgehead atoms. The van der Waals surface area contributed by atoms with Crippen LogP contribution in [0.2, 0.25) is 0 Å². The zero-order chi connectivity index (χ0) is 7.44. The molecule has 1 rings (SSSR count). The van der Waals surface area contributed by atoms with Crippen LogP contribution in [0.15, 0.2) is 12.3 Å². The van der Waals surface area contributed by atoms with E-state index in [2.05, 4.69) is 11.3 Å². The summed E-state index contributed by atoms with van der Waals surface area (Å²) in [6.45, 7) is 3.18. The Bertz CT molecular complexity index is 119. The number of hydrogen-bond donors (Lipinski definition) is 0. The van der Waals surface area contributed by atoms with Crippen LogP contribution in [0.3, 0.4) is 0 Å². The Labute approximate surface area is 67.1 Å². The Balaban J connectivity index is 0. The van der Waals surface area contributed by atoms with E-state index in [1.807, 2.05) is 26.0 Å². The maximum Gasteiger partial charge on any atom is 0.379 e. The molecule has 4 heteroatoms. The summed E-state index contributed by atoms with van der Waals surface area (Å²) in [5.41, 5.74) is 0. The van der Waals surface area contributed by atoms with E-state index >= 15 is 0 Å². The van der Waals surface area contributed by atoms with E-state index in [1.54, 1.807) is 0 Å². The molecule has 0 atom stereocenters. The Hall–Kier alpha value is -0.540. The monoisotopic (exact) mass is 165 g/mol. The molecule has 0 radical (unpaired) electrons. The van der Waals surface area contributed by atoms with Gasteiger partial charge in [-0.1, -0.05) is 0 Å². The van der Waals surface area contributed by atoms with Gasteiger partial charge < -0.3 is 9.64 Å². The summed E-state index contributed by atoms with van der Waals surface area (Å²) in [5, 5.41) is 0. The van der Waals surface area contributed by atoms with Gasteiger partial charge in [-0.3, -0.25) is 0 Å². The predicted molar refractivity (Wildman–Crippen MR) is 42.1 cm³/mol. The zero-order valence-electron chi connectivity index (χ0n) is 6.38. The minimum absolute atomic E-state index is 0.